The van der Waals surface area contributed by atoms with Crippen molar-refractivity contribution in [3.05, 3.63) is 53.5 Å². The third kappa shape index (κ3) is 3.38. The Balaban J connectivity index is 1.98. The molecular weight excluding hydrogens is 232 g/mol. The fraction of sp³-hybridized carbons (Fsp3) is 0.214. The van der Waals surface area contributed by atoms with Crippen LogP contribution in [0.15, 0.2) is 40.8 Å². The number of aryl methyl sites for hydroxylation is 1. The standard InChI is InChI=1S/C14H14O4/c1-10-5-6-13(18-10)9-17-12-4-2-3-11(7-12)8-14(15)16/h2-7H,8-9H2,1H3,(H,15,16). The van der Waals surface area contributed by atoms with Crippen molar-refractivity contribution in [1.82, 2.24) is 0 Å². The van der Waals surface area contributed by atoms with Crippen LogP contribution in [0, 0.1) is 6.92 Å². The van der Waals surface area contributed by atoms with Gasteiger partial charge < -0.3 is 14.3 Å². The van der Waals surface area contributed by atoms with E-state index in [2.05, 4.69) is 0 Å². The molecule has 1 aromatic carbocycles. The molecule has 0 bridgehead atoms. The van der Waals surface area contributed by atoms with E-state index in [-0.39, 0.29) is 6.42 Å². The zero-order valence-electron chi connectivity index (χ0n) is 10.1. The van der Waals surface area contributed by atoms with Crippen LogP contribution in [0.3, 0.4) is 0 Å². The highest BCUT2D eigenvalue weighted by molar-refractivity contribution is 5.70. The normalized spacial score (nSPS) is 10.3. The second-order valence-electron chi connectivity index (χ2n) is 4.02. The average molecular weight is 246 g/mol. The first-order chi connectivity index (χ1) is 8.63. The Labute approximate surface area is 105 Å². The van der Waals surface area contributed by atoms with Crippen molar-refractivity contribution in [2.24, 2.45) is 0 Å². The van der Waals surface area contributed by atoms with Crippen LogP contribution in [0.4, 0.5) is 0 Å². The largest absolute Gasteiger partial charge is 0.486 e. The van der Waals surface area contributed by atoms with E-state index in [0.29, 0.717) is 12.4 Å². The van der Waals surface area contributed by atoms with Crippen LogP contribution in [-0.2, 0) is 17.8 Å². The van der Waals surface area contributed by atoms with Crippen LogP contribution in [0.5, 0.6) is 5.75 Å². The summed E-state index contributed by atoms with van der Waals surface area (Å²) in [5.41, 5.74) is 0.718. The van der Waals surface area contributed by atoms with Gasteiger partial charge in [-0.3, -0.25) is 4.79 Å². The number of furan rings is 1. The molecule has 4 heteroatoms. The van der Waals surface area contributed by atoms with Gasteiger partial charge in [0.15, 0.2) is 0 Å². The molecule has 0 atom stereocenters. The summed E-state index contributed by atoms with van der Waals surface area (Å²) in [6.07, 6.45) is -0.00292. The number of hydrogen-bond donors (Lipinski definition) is 1. The van der Waals surface area contributed by atoms with Crippen LogP contribution >= 0.6 is 0 Å². The highest BCUT2D eigenvalue weighted by Gasteiger charge is 2.03. The molecule has 0 aliphatic carbocycles. The van der Waals surface area contributed by atoms with Crippen LogP contribution in [0.1, 0.15) is 17.1 Å². The van der Waals surface area contributed by atoms with Crippen molar-refractivity contribution in [1.29, 1.82) is 0 Å². The minimum absolute atomic E-state index is 0.00292. The molecule has 2 rings (SSSR count). The van der Waals surface area contributed by atoms with Crippen LogP contribution in [0.25, 0.3) is 0 Å². The van der Waals surface area contributed by atoms with Gasteiger partial charge in [0, 0.05) is 0 Å². The maximum Gasteiger partial charge on any atom is 0.307 e. The maximum absolute atomic E-state index is 10.6. The van der Waals surface area contributed by atoms with E-state index in [4.69, 9.17) is 14.3 Å². The highest BCUT2D eigenvalue weighted by Crippen LogP contribution is 2.16. The van der Waals surface area contributed by atoms with E-state index in [1.54, 1.807) is 24.3 Å². The quantitative estimate of drug-likeness (QED) is 0.881. The Morgan fingerprint density at radius 2 is 2.17 bits per heavy atom. The predicted molar refractivity (Wildman–Crippen MR) is 65.6 cm³/mol. The minimum atomic E-state index is -0.853. The molecule has 0 saturated carbocycles. The molecule has 18 heavy (non-hydrogen) atoms. The number of benzene rings is 1. The molecule has 0 fully saturated rings. The van der Waals surface area contributed by atoms with Gasteiger partial charge in [0.05, 0.1) is 6.42 Å². The summed E-state index contributed by atoms with van der Waals surface area (Å²) >= 11 is 0. The lowest BCUT2D eigenvalue weighted by atomic mass is 10.1. The summed E-state index contributed by atoms with van der Waals surface area (Å²) in [7, 11) is 0. The van der Waals surface area contributed by atoms with Gasteiger partial charge in [-0.15, -0.1) is 0 Å². The number of aliphatic carboxylic acids is 1. The van der Waals surface area contributed by atoms with Crippen molar-refractivity contribution < 1.29 is 19.1 Å². The number of hydrogen-bond acceptors (Lipinski definition) is 3. The SMILES string of the molecule is Cc1ccc(COc2cccc(CC(=O)O)c2)o1. The van der Waals surface area contributed by atoms with E-state index < -0.39 is 5.97 Å². The minimum Gasteiger partial charge on any atom is -0.486 e. The molecule has 4 nitrogen and oxygen atoms in total. The second kappa shape index (κ2) is 5.40. The Morgan fingerprint density at radius 3 is 2.83 bits per heavy atom. The average Bonchev–Trinajstić information content (AvgIpc) is 2.72. The lowest BCUT2D eigenvalue weighted by Gasteiger charge is -2.05. The Morgan fingerprint density at radius 1 is 1.33 bits per heavy atom. The van der Waals surface area contributed by atoms with Crippen molar-refractivity contribution in [3.63, 3.8) is 0 Å². The van der Waals surface area contributed by atoms with Gasteiger partial charge in [-0.2, -0.15) is 0 Å². The fourth-order valence-corrected chi connectivity index (χ4v) is 1.64. The van der Waals surface area contributed by atoms with E-state index in [1.165, 1.54) is 0 Å². The Kier molecular flexibility index (Phi) is 3.67. The molecular formula is C14H14O4. The summed E-state index contributed by atoms with van der Waals surface area (Å²) in [5.74, 6) is 1.38. The fourth-order valence-electron chi connectivity index (χ4n) is 1.64. The van der Waals surface area contributed by atoms with Gasteiger partial charge >= 0.3 is 5.97 Å². The molecule has 1 heterocycles. The number of ether oxygens (including phenoxy) is 1. The molecule has 0 saturated heterocycles. The van der Waals surface area contributed by atoms with E-state index in [1.807, 2.05) is 19.1 Å². The van der Waals surface area contributed by atoms with Gasteiger partial charge in [0.25, 0.3) is 0 Å². The number of carboxylic acid groups (broad SMARTS) is 1. The smallest absolute Gasteiger partial charge is 0.307 e. The first kappa shape index (κ1) is 12.2. The summed E-state index contributed by atoms with van der Waals surface area (Å²) in [4.78, 5) is 10.6. The van der Waals surface area contributed by atoms with Crippen LogP contribution < -0.4 is 4.74 Å². The third-order valence-corrected chi connectivity index (χ3v) is 2.43. The molecule has 0 aliphatic rings. The van der Waals surface area contributed by atoms with Crippen molar-refractivity contribution in [2.75, 3.05) is 0 Å². The topological polar surface area (TPSA) is 59.7 Å². The Bertz CT molecular complexity index is 542. The van der Waals surface area contributed by atoms with E-state index in [0.717, 1.165) is 17.1 Å². The van der Waals surface area contributed by atoms with Crippen LogP contribution in [0.2, 0.25) is 0 Å². The molecule has 2 aromatic rings. The first-order valence-corrected chi connectivity index (χ1v) is 5.62. The summed E-state index contributed by atoms with van der Waals surface area (Å²) in [6, 6.07) is 10.8. The Hall–Kier alpha value is -2.23. The number of carboxylic acids is 1. The van der Waals surface area contributed by atoms with Gasteiger partial charge in [-0.05, 0) is 36.8 Å². The molecule has 0 spiro atoms. The molecule has 1 aromatic heterocycles. The van der Waals surface area contributed by atoms with Gasteiger partial charge in [-0.25, -0.2) is 0 Å². The van der Waals surface area contributed by atoms with Crippen molar-refractivity contribution in [2.45, 2.75) is 20.0 Å². The second-order valence-corrected chi connectivity index (χ2v) is 4.02. The van der Waals surface area contributed by atoms with Gasteiger partial charge in [0.1, 0.15) is 23.9 Å². The molecule has 0 unspecified atom stereocenters. The molecule has 94 valence electrons. The summed E-state index contributed by atoms with van der Waals surface area (Å²) in [6.45, 7) is 2.21. The first-order valence-electron chi connectivity index (χ1n) is 5.62. The third-order valence-electron chi connectivity index (χ3n) is 2.43. The van der Waals surface area contributed by atoms with Crippen LogP contribution in [-0.4, -0.2) is 11.1 Å². The molecule has 0 radical (unpaired) electrons. The molecule has 0 amide bonds. The van der Waals surface area contributed by atoms with E-state index >= 15 is 0 Å². The summed E-state index contributed by atoms with van der Waals surface area (Å²) in [5, 5.41) is 8.71. The van der Waals surface area contributed by atoms with E-state index in [9.17, 15) is 4.79 Å². The zero-order chi connectivity index (χ0) is 13.0. The maximum atomic E-state index is 10.6. The van der Waals surface area contributed by atoms with Crippen molar-refractivity contribution >= 4 is 5.97 Å². The monoisotopic (exact) mass is 246 g/mol. The van der Waals surface area contributed by atoms with Gasteiger partial charge in [-0.1, -0.05) is 12.1 Å². The van der Waals surface area contributed by atoms with Gasteiger partial charge in [0.2, 0.25) is 0 Å². The molecule has 0 aliphatic heterocycles. The van der Waals surface area contributed by atoms with Crippen molar-refractivity contribution in [3.8, 4) is 5.75 Å². The number of rotatable bonds is 5. The molecule has 1 N–H and O–H groups in total. The predicted octanol–water partition coefficient (Wildman–Crippen LogP) is 2.79. The summed E-state index contributed by atoms with van der Waals surface area (Å²) < 4.78 is 10.9. The lowest BCUT2D eigenvalue weighted by Crippen LogP contribution is -2.00. The number of carbonyl (C=O) groups is 1. The lowest BCUT2D eigenvalue weighted by molar-refractivity contribution is -0.136. The highest BCUT2D eigenvalue weighted by atomic mass is 16.5. The zero-order valence-corrected chi connectivity index (χ0v) is 10.1.